The summed E-state index contributed by atoms with van der Waals surface area (Å²) in [5, 5.41) is 4.08. The molecular formula is C9H12Cl2N2. The van der Waals surface area contributed by atoms with Crippen molar-refractivity contribution in [2.45, 2.75) is 20.3 Å². The number of aromatic nitrogens is 1. The molecule has 1 rings (SSSR count). The Morgan fingerprint density at radius 1 is 1.46 bits per heavy atom. The minimum absolute atomic E-state index is 0.435. The van der Waals surface area contributed by atoms with Crippen molar-refractivity contribution >= 4 is 28.9 Å². The van der Waals surface area contributed by atoms with Crippen molar-refractivity contribution in [1.29, 1.82) is 0 Å². The van der Waals surface area contributed by atoms with E-state index >= 15 is 0 Å². The average Bonchev–Trinajstić information content (AvgIpc) is 2.02. The maximum atomic E-state index is 5.91. The first-order chi connectivity index (χ1) is 6.15. The van der Waals surface area contributed by atoms with E-state index in [4.69, 9.17) is 23.2 Å². The smallest absolute Gasteiger partial charge is 0.154 e. The van der Waals surface area contributed by atoms with E-state index in [9.17, 15) is 0 Å². The van der Waals surface area contributed by atoms with E-state index in [-0.39, 0.29) is 0 Å². The molecule has 0 saturated heterocycles. The van der Waals surface area contributed by atoms with Crippen LogP contribution in [0.3, 0.4) is 0 Å². The fourth-order valence-corrected chi connectivity index (χ4v) is 1.66. The molecule has 0 spiro atoms. The summed E-state index contributed by atoms with van der Waals surface area (Å²) < 4.78 is 0. The lowest BCUT2D eigenvalue weighted by molar-refractivity contribution is 0.975. The average molecular weight is 219 g/mol. The maximum absolute atomic E-state index is 5.91. The summed E-state index contributed by atoms with van der Waals surface area (Å²) in [5.74, 6) is 0. The number of hydrogen-bond donors (Lipinski definition) is 1. The standard InChI is InChI=1S/C9H12Cl2N2/c1-3-4-12-8-6(2)5-7(10)13-9(8)11/h5,12H,3-4H2,1-2H3. The largest absolute Gasteiger partial charge is 0.382 e. The van der Waals surface area contributed by atoms with Crippen LogP contribution in [0, 0.1) is 6.92 Å². The molecule has 0 bridgehead atoms. The van der Waals surface area contributed by atoms with Gasteiger partial charge in [0.25, 0.3) is 0 Å². The van der Waals surface area contributed by atoms with Gasteiger partial charge in [-0.05, 0) is 25.0 Å². The molecule has 1 heterocycles. The lowest BCUT2D eigenvalue weighted by Gasteiger charge is -2.09. The van der Waals surface area contributed by atoms with Gasteiger partial charge in [-0.25, -0.2) is 4.98 Å². The number of nitrogens with one attached hydrogen (secondary N) is 1. The number of halogens is 2. The zero-order chi connectivity index (χ0) is 9.84. The van der Waals surface area contributed by atoms with E-state index in [1.165, 1.54) is 0 Å². The van der Waals surface area contributed by atoms with Crippen LogP contribution in [0.5, 0.6) is 0 Å². The van der Waals surface area contributed by atoms with E-state index < -0.39 is 0 Å². The number of rotatable bonds is 3. The first-order valence-corrected chi connectivity index (χ1v) is 4.97. The third-order valence-corrected chi connectivity index (χ3v) is 2.16. The van der Waals surface area contributed by atoms with Gasteiger partial charge in [0.15, 0.2) is 5.15 Å². The summed E-state index contributed by atoms with van der Waals surface area (Å²) in [5.41, 5.74) is 1.91. The van der Waals surface area contributed by atoms with Gasteiger partial charge in [-0.1, -0.05) is 30.1 Å². The molecule has 0 aliphatic rings. The van der Waals surface area contributed by atoms with Gasteiger partial charge >= 0.3 is 0 Å². The van der Waals surface area contributed by atoms with E-state index in [1.54, 1.807) is 6.07 Å². The van der Waals surface area contributed by atoms with Crippen LogP contribution in [0.25, 0.3) is 0 Å². The van der Waals surface area contributed by atoms with Crippen molar-refractivity contribution in [3.8, 4) is 0 Å². The quantitative estimate of drug-likeness (QED) is 0.786. The fraction of sp³-hybridized carbons (Fsp3) is 0.444. The van der Waals surface area contributed by atoms with Crippen LogP contribution in [0.4, 0.5) is 5.69 Å². The van der Waals surface area contributed by atoms with Crippen LogP contribution in [-0.2, 0) is 0 Å². The Balaban J connectivity index is 2.92. The maximum Gasteiger partial charge on any atom is 0.154 e. The van der Waals surface area contributed by atoms with Crippen LogP contribution in [0.15, 0.2) is 6.07 Å². The third kappa shape index (κ3) is 2.75. The van der Waals surface area contributed by atoms with E-state index in [0.29, 0.717) is 10.3 Å². The molecular weight excluding hydrogens is 207 g/mol. The molecule has 1 aromatic rings. The first-order valence-electron chi connectivity index (χ1n) is 4.21. The van der Waals surface area contributed by atoms with Gasteiger partial charge in [0.05, 0.1) is 5.69 Å². The summed E-state index contributed by atoms with van der Waals surface area (Å²) in [6.07, 6.45) is 1.05. The molecule has 4 heteroatoms. The molecule has 0 atom stereocenters. The van der Waals surface area contributed by atoms with Crippen molar-refractivity contribution in [3.05, 3.63) is 21.9 Å². The molecule has 0 radical (unpaired) electrons. The summed E-state index contributed by atoms with van der Waals surface area (Å²) in [6, 6.07) is 1.80. The molecule has 1 aromatic heterocycles. The molecule has 72 valence electrons. The van der Waals surface area contributed by atoms with Crippen molar-refractivity contribution < 1.29 is 0 Å². The predicted octanol–water partition coefficient (Wildman–Crippen LogP) is 3.52. The molecule has 0 saturated carbocycles. The Morgan fingerprint density at radius 3 is 2.69 bits per heavy atom. The van der Waals surface area contributed by atoms with Crippen molar-refractivity contribution in [2.24, 2.45) is 0 Å². The van der Waals surface area contributed by atoms with Gasteiger partial charge in [-0.3, -0.25) is 0 Å². The van der Waals surface area contributed by atoms with Crippen molar-refractivity contribution in [2.75, 3.05) is 11.9 Å². The van der Waals surface area contributed by atoms with Crippen LogP contribution in [0.2, 0.25) is 10.3 Å². The van der Waals surface area contributed by atoms with Gasteiger partial charge in [0, 0.05) is 6.54 Å². The molecule has 13 heavy (non-hydrogen) atoms. The third-order valence-electron chi connectivity index (χ3n) is 1.69. The zero-order valence-electron chi connectivity index (χ0n) is 7.69. The Bertz CT molecular complexity index is 277. The molecule has 1 N–H and O–H groups in total. The van der Waals surface area contributed by atoms with Crippen LogP contribution in [0.1, 0.15) is 18.9 Å². The van der Waals surface area contributed by atoms with Crippen molar-refractivity contribution in [1.82, 2.24) is 4.98 Å². The Labute approximate surface area is 88.3 Å². The monoisotopic (exact) mass is 218 g/mol. The second kappa shape index (κ2) is 4.68. The number of anilines is 1. The highest BCUT2D eigenvalue weighted by Gasteiger charge is 2.05. The number of pyridine rings is 1. The topological polar surface area (TPSA) is 24.9 Å². The van der Waals surface area contributed by atoms with Gasteiger partial charge < -0.3 is 5.32 Å². The first kappa shape index (κ1) is 10.6. The lowest BCUT2D eigenvalue weighted by Crippen LogP contribution is -2.03. The molecule has 0 aromatic carbocycles. The van der Waals surface area contributed by atoms with Gasteiger partial charge in [-0.2, -0.15) is 0 Å². The molecule has 2 nitrogen and oxygen atoms in total. The second-order valence-electron chi connectivity index (χ2n) is 2.85. The van der Waals surface area contributed by atoms with Gasteiger partial charge in [-0.15, -0.1) is 0 Å². The molecule has 0 unspecified atom stereocenters. The molecule has 0 fully saturated rings. The zero-order valence-corrected chi connectivity index (χ0v) is 9.21. The molecule has 0 aliphatic carbocycles. The molecule has 0 aliphatic heterocycles. The number of hydrogen-bond acceptors (Lipinski definition) is 2. The van der Waals surface area contributed by atoms with Gasteiger partial charge in [0.1, 0.15) is 5.15 Å². The van der Waals surface area contributed by atoms with Gasteiger partial charge in [0.2, 0.25) is 0 Å². The predicted molar refractivity (Wildman–Crippen MR) is 57.8 cm³/mol. The van der Waals surface area contributed by atoms with E-state index in [1.807, 2.05) is 6.92 Å². The fourth-order valence-electron chi connectivity index (χ4n) is 1.06. The minimum atomic E-state index is 0.435. The van der Waals surface area contributed by atoms with Crippen LogP contribution in [-0.4, -0.2) is 11.5 Å². The number of nitrogens with zero attached hydrogens (tertiary/aromatic N) is 1. The summed E-state index contributed by atoms with van der Waals surface area (Å²) >= 11 is 11.6. The number of aryl methyl sites for hydroxylation is 1. The Hall–Kier alpha value is -0.470. The SMILES string of the molecule is CCCNc1c(C)cc(Cl)nc1Cl. The minimum Gasteiger partial charge on any atom is -0.382 e. The van der Waals surface area contributed by atoms with Crippen molar-refractivity contribution in [3.63, 3.8) is 0 Å². The van der Waals surface area contributed by atoms with Crippen LogP contribution >= 0.6 is 23.2 Å². The summed E-state index contributed by atoms with van der Waals surface area (Å²) in [6.45, 7) is 4.95. The summed E-state index contributed by atoms with van der Waals surface area (Å²) in [7, 11) is 0. The van der Waals surface area contributed by atoms with E-state index in [0.717, 1.165) is 24.2 Å². The highest BCUT2D eigenvalue weighted by molar-refractivity contribution is 6.34. The summed E-state index contributed by atoms with van der Waals surface area (Å²) in [4.78, 5) is 3.96. The van der Waals surface area contributed by atoms with E-state index in [2.05, 4.69) is 17.2 Å². The Morgan fingerprint density at radius 2 is 2.15 bits per heavy atom. The molecule has 0 amide bonds. The normalized spacial score (nSPS) is 10.2. The Kier molecular flexibility index (Phi) is 3.82. The highest BCUT2D eigenvalue weighted by atomic mass is 35.5. The second-order valence-corrected chi connectivity index (χ2v) is 3.60. The lowest BCUT2D eigenvalue weighted by atomic mass is 10.2. The highest BCUT2D eigenvalue weighted by Crippen LogP contribution is 2.26. The van der Waals surface area contributed by atoms with Crippen LogP contribution < -0.4 is 5.32 Å².